The van der Waals surface area contributed by atoms with Crippen LogP contribution in [-0.2, 0) is 16.6 Å². The van der Waals surface area contributed by atoms with E-state index in [2.05, 4.69) is 23.6 Å². The zero-order valence-electron chi connectivity index (χ0n) is 19.2. The van der Waals surface area contributed by atoms with Crippen molar-refractivity contribution in [3.63, 3.8) is 0 Å². The fourth-order valence-corrected chi connectivity index (χ4v) is 5.81. The fourth-order valence-electron chi connectivity index (χ4n) is 5.26. The first-order valence-electron chi connectivity index (χ1n) is 11.3. The Morgan fingerprint density at radius 1 is 1.20 bits per heavy atom. The van der Waals surface area contributed by atoms with Crippen molar-refractivity contribution in [3.8, 4) is 0 Å². The van der Waals surface area contributed by atoms with E-state index in [9.17, 15) is 23.1 Å². The molecule has 0 aromatic heterocycles. The van der Waals surface area contributed by atoms with Gasteiger partial charge in [-0.15, -0.1) is 0 Å². The summed E-state index contributed by atoms with van der Waals surface area (Å²) in [5.41, 5.74) is -5.09. The molecule has 0 spiro atoms. The van der Waals surface area contributed by atoms with Gasteiger partial charge >= 0.3 is 6.18 Å². The van der Waals surface area contributed by atoms with Crippen molar-refractivity contribution < 1.29 is 23.1 Å². The van der Waals surface area contributed by atoms with E-state index in [0.717, 1.165) is 25.9 Å². The van der Waals surface area contributed by atoms with Crippen LogP contribution in [-0.4, -0.2) is 41.6 Å². The van der Waals surface area contributed by atoms with Crippen molar-refractivity contribution >= 4 is 40.5 Å². The molecular weight excluding hydrogens is 502 g/mol. The number of halogens is 5. The maximum absolute atomic E-state index is 14.2. The molecule has 10 heteroatoms. The van der Waals surface area contributed by atoms with Gasteiger partial charge in [-0.05, 0) is 56.1 Å². The number of fused-ring (bicyclic) bond motifs is 1. The monoisotopic (exact) mass is 525 g/mol. The maximum Gasteiger partial charge on any atom is 0.415 e. The lowest BCUT2D eigenvalue weighted by atomic mass is 9.78. The minimum atomic E-state index is -4.92. The molecule has 1 saturated carbocycles. The number of nitrogens with zero attached hydrogens (tertiary/aromatic N) is 3. The molecule has 1 aliphatic heterocycles. The second-order valence-electron chi connectivity index (χ2n) is 8.96. The van der Waals surface area contributed by atoms with E-state index in [4.69, 9.17) is 29.8 Å². The minimum Gasteiger partial charge on any atom is -0.372 e. The highest BCUT2D eigenvalue weighted by molar-refractivity contribution is 6.35. The average Bonchev–Trinajstić information content (AvgIpc) is 2.98. The number of anilines is 1. The number of carbonyl (C=O) groups is 1. The smallest absolute Gasteiger partial charge is 0.372 e. The maximum atomic E-state index is 14.2. The summed E-state index contributed by atoms with van der Waals surface area (Å²) in [7, 11) is 0. The topological polar surface area (TPSA) is 48.1 Å². The van der Waals surface area contributed by atoms with Gasteiger partial charge in [0.1, 0.15) is 0 Å². The quantitative estimate of drug-likeness (QED) is 0.452. The summed E-state index contributed by atoms with van der Waals surface area (Å²) in [6.45, 7) is 13.3. The van der Waals surface area contributed by atoms with Gasteiger partial charge in [-0.25, -0.2) is 4.85 Å². The van der Waals surface area contributed by atoms with Crippen LogP contribution >= 0.6 is 23.2 Å². The van der Waals surface area contributed by atoms with Crippen LogP contribution in [0.3, 0.4) is 0 Å². The van der Waals surface area contributed by atoms with E-state index in [1.165, 1.54) is 29.2 Å². The Morgan fingerprint density at radius 2 is 1.86 bits per heavy atom. The summed E-state index contributed by atoms with van der Waals surface area (Å²) >= 11 is 12.2. The van der Waals surface area contributed by atoms with E-state index < -0.39 is 28.8 Å². The standard InChI is InChI=1S/C25H24Cl2F3N3O2/c1-4-32(5-2)17-8-14(9-17)13-33-21-12-16(31-3)11-19(25(28,29)30)22(21)24(35,23(33)34)18-7-6-15(26)10-20(18)27/h6-7,10-12,14,17,35H,4-5,8-9,13H2,1-2H3/t14-,17+,24?. The SMILES string of the molecule is [C-]#[N+]c1cc2c(c(C(F)(F)F)c1)C(O)(c1ccc(Cl)cc1Cl)C(=O)N2C[C@H]1C[C@@H](N(CC)CC)C1. The molecular formula is C25H24Cl2F3N3O2. The van der Waals surface area contributed by atoms with Gasteiger partial charge in [0.15, 0.2) is 11.3 Å². The van der Waals surface area contributed by atoms with Gasteiger partial charge in [0.05, 0.1) is 12.1 Å². The third-order valence-electron chi connectivity index (χ3n) is 7.05. The van der Waals surface area contributed by atoms with Crippen LogP contribution in [0.4, 0.5) is 24.5 Å². The molecule has 186 valence electrons. The van der Waals surface area contributed by atoms with Crippen LogP contribution in [0.25, 0.3) is 4.85 Å². The predicted octanol–water partition coefficient (Wildman–Crippen LogP) is 6.27. The van der Waals surface area contributed by atoms with Crippen LogP contribution in [0.5, 0.6) is 0 Å². The van der Waals surface area contributed by atoms with Crippen molar-refractivity contribution in [1.29, 1.82) is 0 Å². The third-order valence-corrected chi connectivity index (χ3v) is 7.59. The lowest BCUT2D eigenvalue weighted by molar-refractivity contribution is -0.142. The molecule has 1 amide bonds. The Balaban J connectivity index is 1.84. The van der Waals surface area contributed by atoms with Gasteiger partial charge in [-0.3, -0.25) is 4.79 Å². The van der Waals surface area contributed by atoms with Crippen molar-refractivity contribution in [2.75, 3.05) is 24.5 Å². The number of amides is 1. The van der Waals surface area contributed by atoms with Gasteiger partial charge in [-0.2, -0.15) is 13.2 Å². The van der Waals surface area contributed by atoms with Gasteiger partial charge in [0, 0.05) is 39.4 Å². The summed E-state index contributed by atoms with van der Waals surface area (Å²) < 4.78 is 42.6. The van der Waals surface area contributed by atoms with Gasteiger partial charge in [0.2, 0.25) is 0 Å². The first-order chi connectivity index (χ1) is 16.4. The number of aliphatic hydroxyl groups is 1. The molecule has 0 radical (unpaired) electrons. The van der Waals surface area contributed by atoms with Crippen LogP contribution in [0, 0.1) is 12.5 Å². The molecule has 5 nitrogen and oxygen atoms in total. The second kappa shape index (κ2) is 9.29. The minimum absolute atomic E-state index is 0.0476. The summed E-state index contributed by atoms with van der Waals surface area (Å²) in [5, 5.41) is 11.8. The lowest BCUT2D eigenvalue weighted by Gasteiger charge is -2.43. The molecule has 1 atom stereocenters. The summed E-state index contributed by atoms with van der Waals surface area (Å²) in [6.07, 6.45) is -3.34. The molecule has 35 heavy (non-hydrogen) atoms. The number of hydrogen-bond acceptors (Lipinski definition) is 3. The average molecular weight is 526 g/mol. The summed E-state index contributed by atoms with van der Waals surface area (Å²) in [5.74, 6) is -0.873. The molecule has 1 heterocycles. The zero-order valence-corrected chi connectivity index (χ0v) is 20.7. The predicted molar refractivity (Wildman–Crippen MR) is 129 cm³/mol. The van der Waals surface area contributed by atoms with Gasteiger partial charge < -0.3 is 14.9 Å². The highest BCUT2D eigenvalue weighted by Gasteiger charge is 2.57. The first-order valence-corrected chi connectivity index (χ1v) is 12.1. The molecule has 0 bridgehead atoms. The van der Waals surface area contributed by atoms with Crippen LogP contribution in [0.2, 0.25) is 10.0 Å². The molecule has 1 fully saturated rings. The van der Waals surface area contributed by atoms with Crippen LogP contribution in [0.15, 0.2) is 30.3 Å². The normalized spacial score (nSPS) is 23.9. The number of benzene rings is 2. The van der Waals surface area contributed by atoms with E-state index in [-0.39, 0.29) is 39.4 Å². The Morgan fingerprint density at radius 3 is 2.40 bits per heavy atom. The van der Waals surface area contributed by atoms with E-state index in [0.29, 0.717) is 12.1 Å². The Hall–Kier alpha value is -2.31. The Kier molecular flexibility index (Phi) is 6.84. The van der Waals surface area contributed by atoms with Gasteiger partial charge in [0.25, 0.3) is 5.91 Å². The zero-order chi connectivity index (χ0) is 25.7. The third kappa shape index (κ3) is 4.29. The van der Waals surface area contributed by atoms with Crippen molar-refractivity contribution in [2.45, 2.75) is 44.5 Å². The number of alkyl halides is 3. The van der Waals surface area contributed by atoms with E-state index in [1.54, 1.807) is 0 Å². The second-order valence-corrected chi connectivity index (χ2v) is 9.80. The number of rotatable bonds is 6. The summed E-state index contributed by atoms with van der Waals surface area (Å²) in [4.78, 5) is 20.4. The molecule has 1 N–H and O–H groups in total. The molecule has 0 saturated heterocycles. The molecule has 2 aromatic rings. The number of carbonyl (C=O) groups excluding carboxylic acids is 1. The summed E-state index contributed by atoms with van der Waals surface area (Å²) in [6, 6.07) is 6.13. The largest absolute Gasteiger partial charge is 0.415 e. The Bertz CT molecular complexity index is 1200. The van der Waals surface area contributed by atoms with Gasteiger partial charge in [-0.1, -0.05) is 43.1 Å². The van der Waals surface area contributed by atoms with E-state index in [1.807, 2.05) is 0 Å². The van der Waals surface area contributed by atoms with Crippen molar-refractivity contribution in [3.05, 3.63) is 68.5 Å². The molecule has 1 aliphatic carbocycles. The molecule has 2 aliphatic rings. The lowest BCUT2D eigenvalue weighted by Crippen LogP contribution is -2.50. The highest BCUT2D eigenvalue weighted by atomic mass is 35.5. The van der Waals surface area contributed by atoms with Crippen molar-refractivity contribution in [1.82, 2.24) is 4.90 Å². The Labute approximate surface area is 211 Å². The van der Waals surface area contributed by atoms with Crippen LogP contribution in [0.1, 0.15) is 43.4 Å². The first kappa shape index (κ1) is 25.8. The van der Waals surface area contributed by atoms with E-state index >= 15 is 0 Å². The highest BCUT2D eigenvalue weighted by Crippen LogP contribution is 2.53. The van der Waals surface area contributed by atoms with Crippen molar-refractivity contribution in [2.24, 2.45) is 5.92 Å². The molecule has 4 rings (SSSR count). The molecule has 1 unspecified atom stereocenters. The fraction of sp³-hybridized carbons (Fsp3) is 0.440. The number of hydrogen-bond donors (Lipinski definition) is 1. The van der Waals surface area contributed by atoms with Crippen LogP contribution < -0.4 is 4.90 Å². The molecule has 2 aromatic carbocycles.